The van der Waals surface area contributed by atoms with Crippen LogP contribution in [0, 0.1) is 0 Å². The molecular weight excluding hydrogens is 376 g/mol. The monoisotopic (exact) mass is 392 g/mol. The average Bonchev–Trinajstić information content (AvgIpc) is 2.91. The molecule has 1 N–H and O–H groups in total. The first-order valence-corrected chi connectivity index (χ1v) is 8.74. The molecule has 0 aliphatic heterocycles. The third kappa shape index (κ3) is 3.88. The van der Waals surface area contributed by atoms with Crippen LogP contribution in [-0.4, -0.2) is 18.0 Å². The van der Waals surface area contributed by atoms with Crippen LogP contribution in [0.2, 0.25) is 5.02 Å². The molecule has 0 saturated heterocycles. The second-order valence-corrected chi connectivity index (χ2v) is 7.22. The number of benzene rings is 2. The number of carbonyl (C=O) groups excluding carboxylic acids is 1. The minimum absolute atomic E-state index is 0.0549. The van der Waals surface area contributed by atoms with Gasteiger partial charge in [0.25, 0.3) is 0 Å². The van der Waals surface area contributed by atoms with Gasteiger partial charge in [-0.1, -0.05) is 45.7 Å². The maximum absolute atomic E-state index is 12.4. The highest BCUT2D eigenvalue weighted by Crippen LogP contribution is 2.32. The van der Waals surface area contributed by atoms with E-state index in [0.717, 1.165) is 27.9 Å². The lowest BCUT2D eigenvalue weighted by Gasteiger charge is -2.22. The molecule has 0 heterocycles. The summed E-state index contributed by atoms with van der Waals surface area (Å²) in [5.41, 5.74) is 3.52. The lowest BCUT2D eigenvalue weighted by atomic mass is 10.1. The van der Waals surface area contributed by atoms with Gasteiger partial charge in [-0.25, -0.2) is 4.79 Å². The topological polar surface area (TPSA) is 32.3 Å². The zero-order chi connectivity index (χ0) is 16.4. The fraction of sp³-hybridized carbons (Fsp3) is 0.278. The Hall–Kier alpha value is -1.52. The Balaban J connectivity index is 1.62. The molecule has 3 rings (SSSR count). The van der Waals surface area contributed by atoms with Crippen molar-refractivity contribution in [3.8, 4) is 0 Å². The molecule has 0 saturated carbocycles. The van der Waals surface area contributed by atoms with E-state index in [1.54, 1.807) is 4.90 Å². The van der Waals surface area contributed by atoms with Gasteiger partial charge in [-0.3, -0.25) is 0 Å². The molecule has 1 aliphatic carbocycles. The summed E-state index contributed by atoms with van der Waals surface area (Å²) in [6, 6.07) is 13.9. The van der Waals surface area contributed by atoms with E-state index in [1.165, 1.54) is 11.1 Å². The Morgan fingerprint density at radius 3 is 2.78 bits per heavy atom. The molecule has 0 radical (unpaired) electrons. The summed E-state index contributed by atoms with van der Waals surface area (Å²) < 4.78 is 1.04. The van der Waals surface area contributed by atoms with Crippen molar-refractivity contribution in [2.75, 3.05) is 7.05 Å². The smallest absolute Gasteiger partial charge is 0.317 e. The molecule has 1 unspecified atom stereocenters. The molecular formula is C18H18BrClN2O. The van der Waals surface area contributed by atoms with Crippen LogP contribution in [0.4, 0.5) is 4.79 Å². The van der Waals surface area contributed by atoms with E-state index in [9.17, 15) is 4.79 Å². The van der Waals surface area contributed by atoms with Crippen molar-refractivity contribution in [2.24, 2.45) is 0 Å². The van der Waals surface area contributed by atoms with Crippen LogP contribution in [0.15, 0.2) is 46.9 Å². The molecule has 1 aliphatic rings. The Kier molecular flexibility index (Phi) is 4.93. The normalized spacial score (nSPS) is 16.0. The van der Waals surface area contributed by atoms with Crippen LogP contribution in [-0.2, 0) is 13.0 Å². The van der Waals surface area contributed by atoms with Gasteiger partial charge in [0.15, 0.2) is 0 Å². The van der Waals surface area contributed by atoms with Crippen molar-refractivity contribution in [3.63, 3.8) is 0 Å². The molecule has 2 aromatic carbocycles. The summed E-state index contributed by atoms with van der Waals surface area (Å²) in [6.07, 6.45) is 1.88. The van der Waals surface area contributed by atoms with E-state index in [2.05, 4.69) is 21.2 Å². The molecule has 0 aromatic heterocycles. The number of nitrogens with zero attached hydrogens (tertiary/aromatic N) is 1. The van der Waals surface area contributed by atoms with Crippen LogP contribution >= 0.6 is 27.5 Å². The Morgan fingerprint density at radius 1 is 1.30 bits per heavy atom. The second kappa shape index (κ2) is 6.93. The van der Waals surface area contributed by atoms with Crippen molar-refractivity contribution in [1.29, 1.82) is 0 Å². The van der Waals surface area contributed by atoms with Gasteiger partial charge in [0.05, 0.1) is 6.04 Å². The number of fused-ring (bicyclic) bond motifs is 1. The molecule has 2 aromatic rings. The summed E-state index contributed by atoms with van der Waals surface area (Å²) in [7, 11) is 1.81. The molecule has 2 amide bonds. The van der Waals surface area contributed by atoms with Crippen molar-refractivity contribution in [3.05, 3.63) is 68.7 Å². The van der Waals surface area contributed by atoms with Gasteiger partial charge in [-0.05, 0) is 53.8 Å². The summed E-state index contributed by atoms with van der Waals surface area (Å²) in [5.74, 6) is 0. The number of nitrogens with one attached hydrogen (secondary N) is 1. The molecule has 23 heavy (non-hydrogen) atoms. The summed E-state index contributed by atoms with van der Waals surface area (Å²) in [4.78, 5) is 14.1. The zero-order valence-corrected chi connectivity index (χ0v) is 15.2. The molecule has 0 bridgehead atoms. The molecule has 3 nitrogen and oxygen atoms in total. The Labute approximate surface area is 149 Å². The predicted molar refractivity (Wildman–Crippen MR) is 96.7 cm³/mol. The van der Waals surface area contributed by atoms with Crippen molar-refractivity contribution >= 4 is 33.6 Å². The minimum Gasteiger partial charge on any atom is -0.331 e. The third-order valence-electron chi connectivity index (χ3n) is 4.16. The highest BCUT2D eigenvalue weighted by atomic mass is 79.9. The van der Waals surface area contributed by atoms with Crippen LogP contribution in [0.1, 0.15) is 29.2 Å². The first-order chi connectivity index (χ1) is 11.0. The number of amides is 2. The van der Waals surface area contributed by atoms with Gasteiger partial charge in [-0.2, -0.15) is 0 Å². The van der Waals surface area contributed by atoms with Crippen LogP contribution in [0.5, 0.6) is 0 Å². The summed E-state index contributed by atoms with van der Waals surface area (Å²) >= 11 is 9.45. The zero-order valence-electron chi connectivity index (χ0n) is 12.9. The number of rotatable bonds is 3. The third-order valence-corrected chi connectivity index (χ3v) is 4.92. The minimum atomic E-state index is -0.0549. The largest absolute Gasteiger partial charge is 0.331 e. The fourth-order valence-electron chi connectivity index (χ4n) is 2.93. The summed E-state index contributed by atoms with van der Waals surface area (Å²) in [5, 5.41) is 3.87. The van der Waals surface area contributed by atoms with Gasteiger partial charge in [0.2, 0.25) is 0 Å². The van der Waals surface area contributed by atoms with Crippen LogP contribution in [0.3, 0.4) is 0 Å². The van der Waals surface area contributed by atoms with E-state index >= 15 is 0 Å². The number of halogens is 2. The van der Waals surface area contributed by atoms with Gasteiger partial charge >= 0.3 is 6.03 Å². The highest BCUT2D eigenvalue weighted by molar-refractivity contribution is 9.10. The quantitative estimate of drug-likeness (QED) is 0.788. The maximum atomic E-state index is 12.4. The van der Waals surface area contributed by atoms with Gasteiger partial charge in [0, 0.05) is 23.1 Å². The van der Waals surface area contributed by atoms with Crippen molar-refractivity contribution in [1.82, 2.24) is 10.2 Å². The fourth-order valence-corrected chi connectivity index (χ4v) is 3.39. The first-order valence-electron chi connectivity index (χ1n) is 7.57. The van der Waals surface area contributed by atoms with Crippen molar-refractivity contribution < 1.29 is 4.79 Å². The molecule has 0 spiro atoms. The number of hydrogen-bond donors (Lipinski definition) is 1. The molecule has 120 valence electrons. The van der Waals surface area contributed by atoms with E-state index < -0.39 is 0 Å². The maximum Gasteiger partial charge on any atom is 0.317 e. The summed E-state index contributed by atoms with van der Waals surface area (Å²) in [6.45, 7) is 0.583. The van der Waals surface area contributed by atoms with Crippen molar-refractivity contribution in [2.45, 2.75) is 25.4 Å². The Bertz CT molecular complexity index is 717. The standard InChI is InChI=1S/C18H18BrClN2O/c1-22(11-12-2-5-14(19)6-3-12)18(23)21-17-9-4-13-10-15(20)7-8-16(13)17/h2-3,5-8,10,17H,4,9,11H2,1H3,(H,21,23). The lowest BCUT2D eigenvalue weighted by molar-refractivity contribution is 0.202. The van der Waals surface area contributed by atoms with E-state index in [1.807, 2.05) is 49.5 Å². The first kappa shape index (κ1) is 16.3. The average molecular weight is 394 g/mol. The number of carbonyl (C=O) groups is 1. The van der Waals surface area contributed by atoms with Gasteiger partial charge in [0.1, 0.15) is 0 Å². The van der Waals surface area contributed by atoms with E-state index in [4.69, 9.17) is 11.6 Å². The van der Waals surface area contributed by atoms with Crippen LogP contribution < -0.4 is 5.32 Å². The number of hydrogen-bond acceptors (Lipinski definition) is 1. The Morgan fingerprint density at radius 2 is 2.04 bits per heavy atom. The molecule has 5 heteroatoms. The predicted octanol–water partition coefficient (Wildman–Crippen LogP) is 4.93. The number of urea groups is 1. The van der Waals surface area contributed by atoms with E-state index in [0.29, 0.717) is 6.54 Å². The van der Waals surface area contributed by atoms with E-state index in [-0.39, 0.29) is 12.1 Å². The molecule has 1 atom stereocenters. The highest BCUT2D eigenvalue weighted by Gasteiger charge is 2.25. The number of aryl methyl sites for hydroxylation is 1. The van der Waals surface area contributed by atoms with Gasteiger partial charge in [-0.15, -0.1) is 0 Å². The lowest BCUT2D eigenvalue weighted by Crippen LogP contribution is -2.38. The second-order valence-electron chi connectivity index (χ2n) is 5.87. The SMILES string of the molecule is CN(Cc1ccc(Br)cc1)C(=O)NC1CCc2cc(Cl)ccc21. The molecule has 0 fully saturated rings. The van der Waals surface area contributed by atoms with Crippen LogP contribution in [0.25, 0.3) is 0 Å². The van der Waals surface area contributed by atoms with Gasteiger partial charge < -0.3 is 10.2 Å².